The Hall–Kier alpha value is -1.17. The van der Waals surface area contributed by atoms with E-state index in [1.807, 2.05) is 0 Å². The molecular formula is C12H6BrCl2FN2O. The summed E-state index contributed by atoms with van der Waals surface area (Å²) in [5.41, 5.74) is 0.467. The van der Waals surface area contributed by atoms with E-state index in [1.165, 1.54) is 24.4 Å². The molecule has 0 radical (unpaired) electrons. The average Bonchev–Trinajstić information content (AvgIpc) is 2.37. The molecule has 2 aromatic rings. The number of nitrogens with zero attached hydrogens (tertiary/aromatic N) is 1. The third-order valence-corrected chi connectivity index (χ3v) is 3.77. The monoisotopic (exact) mass is 362 g/mol. The van der Waals surface area contributed by atoms with Gasteiger partial charge >= 0.3 is 0 Å². The van der Waals surface area contributed by atoms with Crippen LogP contribution >= 0.6 is 39.1 Å². The summed E-state index contributed by atoms with van der Waals surface area (Å²) in [4.78, 5) is 15.8. The minimum atomic E-state index is -0.648. The highest BCUT2D eigenvalue weighted by Crippen LogP contribution is 2.24. The van der Waals surface area contributed by atoms with E-state index in [9.17, 15) is 9.18 Å². The van der Waals surface area contributed by atoms with Crippen molar-refractivity contribution in [2.45, 2.75) is 0 Å². The van der Waals surface area contributed by atoms with E-state index in [4.69, 9.17) is 23.2 Å². The van der Waals surface area contributed by atoms with Gasteiger partial charge in [0.05, 0.1) is 26.9 Å². The van der Waals surface area contributed by atoms with E-state index in [-0.39, 0.29) is 15.7 Å². The Bertz CT molecular complexity index is 652. The van der Waals surface area contributed by atoms with Gasteiger partial charge in [0, 0.05) is 0 Å². The van der Waals surface area contributed by atoms with Crippen LogP contribution in [0.4, 0.5) is 10.1 Å². The second-order valence-electron chi connectivity index (χ2n) is 3.55. The second-order valence-corrected chi connectivity index (χ2v) is 5.14. The molecule has 3 nitrogen and oxygen atoms in total. The first-order valence-corrected chi connectivity index (χ1v) is 6.60. The Labute approximate surface area is 126 Å². The van der Waals surface area contributed by atoms with Crippen LogP contribution in [-0.4, -0.2) is 10.9 Å². The van der Waals surface area contributed by atoms with Gasteiger partial charge in [-0.15, -0.1) is 0 Å². The van der Waals surface area contributed by atoms with Crippen molar-refractivity contribution < 1.29 is 9.18 Å². The lowest BCUT2D eigenvalue weighted by Gasteiger charge is -2.07. The Morgan fingerprint density at radius 3 is 2.79 bits per heavy atom. The Morgan fingerprint density at radius 2 is 2.11 bits per heavy atom. The summed E-state index contributed by atoms with van der Waals surface area (Å²) >= 11 is 14.7. The molecule has 0 bridgehead atoms. The molecule has 0 fully saturated rings. The van der Waals surface area contributed by atoms with Crippen molar-refractivity contribution in [3.05, 3.63) is 56.5 Å². The van der Waals surface area contributed by atoms with Crippen LogP contribution < -0.4 is 5.32 Å². The summed E-state index contributed by atoms with van der Waals surface area (Å²) < 4.78 is 13.8. The fraction of sp³-hybridized carbons (Fsp3) is 0. The number of pyridine rings is 1. The van der Waals surface area contributed by atoms with Gasteiger partial charge in [-0.3, -0.25) is 4.79 Å². The lowest BCUT2D eigenvalue weighted by atomic mass is 10.2. The van der Waals surface area contributed by atoms with Gasteiger partial charge < -0.3 is 5.32 Å². The molecular weight excluding hydrogens is 358 g/mol. The van der Waals surface area contributed by atoms with E-state index in [2.05, 4.69) is 26.2 Å². The molecule has 0 saturated carbocycles. The Kier molecular flexibility index (Phi) is 4.39. The maximum atomic E-state index is 13.2. The van der Waals surface area contributed by atoms with E-state index in [0.29, 0.717) is 10.2 Å². The van der Waals surface area contributed by atoms with Gasteiger partial charge in [-0.2, -0.15) is 0 Å². The molecule has 1 amide bonds. The number of carbonyl (C=O) groups excluding carboxylic acids is 1. The predicted molar refractivity (Wildman–Crippen MR) is 76.3 cm³/mol. The second kappa shape index (κ2) is 5.86. The molecule has 1 aromatic heterocycles. The fourth-order valence-electron chi connectivity index (χ4n) is 1.37. The zero-order valence-electron chi connectivity index (χ0n) is 9.25. The topological polar surface area (TPSA) is 42.0 Å². The van der Waals surface area contributed by atoms with Crippen molar-refractivity contribution in [3.63, 3.8) is 0 Å². The fourth-order valence-corrected chi connectivity index (χ4v) is 2.03. The molecule has 0 aliphatic heterocycles. The van der Waals surface area contributed by atoms with E-state index < -0.39 is 11.7 Å². The van der Waals surface area contributed by atoms with Crippen LogP contribution in [0.15, 0.2) is 34.9 Å². The summed E-state index contributed by atoms with van der Waals surface area (Å²) in [6, 6.07) is 5.60. The van der Waals surface area contributed by atoms with Crippen molar-refractivity contribution in [2.75, 3.05) is 5.32 Å². The van der Waals surface area contributed by atoms with Crippen molar-refractivity contribution >= 4 is 50.7 Å². The minimum absolute atomic E-state index is 0.0488. The Morgan fingerprint density at radius 1 is 1.37 bits per heavy atom. The largest absolute Gasteiger partial charge is 0.321 e. The minimum Gasteiger partial charge on any atom is -0.321 e. The molecule has 2 rings (SSSR count). The first kappa shape index (κ1) is 14.2. The summed E-state index contributed by atoms with van der Waals surface area (Å²) in [6.45, 7) is 0. The number of rotatable bonds is 2. The molecule has 98 valence electrons. The van der Waals surface area contributed by atoms with Crippen molar-refractivity contribution in [1.82, 2.24) is 4.98 Å². The number of nitrogens with one attached hydrogen (secondary N) is 1. The maximum absolute atomic E-state index is 13.2. The molecule has 19 heavy (non-hydrogen) atoms. The van der Waals surface area contributed by atoms with E-state index in [0.717, 1.165) is 0 Å². The van der Waals surface area contributed by atoms with Crippen LogP contribution in [0.5, 0.6) is 0 Å². The highest BCUT2D eigenvalue weighted by molar-refractivity contribution is 9.10. The van der Waals surface area contributed by atoms with Crippen LogP contribution in [0.2, 0.25) is 10.2 Å². The van der Waals surface area contributed by atoms with Gasteiger partial charge in [0.25, 0.3) is 5.91 Å². The molecule has 1 aromatic carbocycles. The SMILES string of the molecule is O=C(Nc1cnc(Cl)c(Br)c1)c1cccc(F)c1Cl. The molecule has 0 aliphatic carbocycles. The standard InChI is InChI=1S/C12H6BrCl2FN2O/c13-8-4-6(5-17-11(8)15)18-12(19)7-2-1-3-9(16)10(7)14/h1-5H,(H,18,19). The number of aromatic nitrogens is 1. The summed E-state index contributed by atoms with van der Waals surface area (Å²) in [5.74, 6) is -1.18. The van der Waals surface area contributed by atoms with Gasteiger partial charge in [0.1, 0.15) is 11.0 Å². The third-order valence-electron chi connectivity index (χ3n) is 2.25. The predicted octanol–water partition coefficient (Wildman–Crippen LogP) is 4.54. The van der Waals surface area contributed by atoms with Gasteiger partial charge in [-0.1, -0.05) is 29.3 Å². The maximum Gasteiger partial charge on any atom is 0.257 e. The van der Waals surface area contributed by atoms with Crippen molar-refractivity contribution in [1.29, 1.82) is 0 Å². The molecule has 0 spiro atoms. The molecule has 0 atom stereocenters. The van der Waals surface area contributed by atoms with Gasteiger partial charge in [0.2, 0.25) is 0 Å². The van der Waals surface area contributed by atoms with Crippen LogP contribution in [0, 0.1) is 5.82 Å². The first-order chi connectivity index (χ1) is 8.99. The average molecular weight is 364 g/mol. The highest BCUT2D eigenvalue weighted by Gasteiger charge is 2.14. The number of hydrogen-bond acceptors (Lipinski definition) is 2. The number of amides is 1. The van der Waals surface area contributed by atoms with E-state index in [1.54, 1.807) is 6.07 Å². The van der Waals surface area contributed by atoms with Crippen LogP contribution in [0.1, 0.15) is 10.4 Å². The highest BCUT2D eigenvalue weighted by atomic mass is 79.9. The number of halogens is 4. The van der Waals surface area contributed by atoms with Crippen LogP contribution in [-0.2, 0) is 0 Å². The van der Waals surface area contributed by atoms with Gasteiger partial charge in [0.15, 0.2) is 0 Å². The smallest absolute Gasteiger partial charge is 0.257 e. The Balaban J connectivity index is 2.26. The van der Waals surface area contributed by atoms with Gasteiger partial charge in [-0.25, -0.2) is 9.37 Å². The lowest BCUT2D eigenvalue weighted by molar-refractivity contribution is 0.102. The van der Waals surface area contributed by atoms with Gasteiger partial charge in [-0.05, 0) is 34.1 Å². The zero-order chi connectivity index (χ0) is 14.0. The van der Waals surface area contributed by atoms with Crippen LogP contribution in [0.25, 0.3) is 0 Å². The van der Waals surface area contributed by atoms with E-state index >= 15 is 0 Å². The molecule has 0 unspecified atom stereocenters. The molecule has 0 saturated heterocycles. The van der Waals surface area contributed by atoms with Crippen molar-refractivity contribution in [3.8, 4) is 0 Å². The molecule has 1 heterocycles. The van der Waals surface area contributed by atoms with Crippen molar-refractivity contribution in [2.24, 2.45) is 0 Å². The quantitative estimate of drug-likeness (QED) is 0.795. The first-order valence-electron chi connectivity index (χ1n) is 5.05. The number of carbonyl (C=O) groups is 1. The summed E-state index contributed by atoms with van der Waals surface area (Å²) in [6.07, 6.45) is 1.39. The number of anilines is 1. The summed E-state index contributed by atoms with van der Waals surface area (Å²) in [7, 11) is 0. The molecule has 7 heteroatoms. The zero-order valence-corrected chi connectivity index (χ0v) is 12.4. The summed E-state index contributed by atoms with van der Waals surface area (Å²) in [5, 5.41) is 2.61. The van der Waals surface area contributed by atoms with Crippen LogP contribution in [0.3, 0.4) is 0 Å². The lowest BCUT2D eigenvalue weighted by Crippen LogP contribution is -2.13. The molecule has 0 aliphatic rings. The number of benzene rings is 1. The number of hydrogen-bond donors (Lipinski definition) is 1. The normalized spacial score (nSPS) is 10.3. The third kappa shape index (κ3) is 3.23. The molecule has 1 N–H and O–H groups in total.